The van der Waals surface area contributed by atoms with Crippen molar-refractivity contribution in [1.82, 2.24) is 0 Å². The van der Waals surface area contributed by atoms with Gasteiger partial charge in [-0.05, 0) is 49.8 Å². The second-order valence-electron chi connectivity index (χ2n) is 8.10. The zero-order chi connectivity index (χ0) is 20.2. The number of rotatable bonds is 6. The van der Waals surface area contributed by atoms with Crippen LogP contribution in [0.25, 0.3) is 0 Å². The lowest BCUT2D eigenvalue weighted by Crippen LogP contribution is -2.14. The van der Waals surface area contributed by atoms with E-state index in [-0.39, 0.29) is 17.2 Å². The summed E-state index contributed by atoms with van der Waals surface area (Å²) in [6.07, 6.45) is 0.987. The molecule has 0 aliphatic heterocycles. The van der Waals surface area contributed by atoms with Crippen LogP contribution in [0.15, 0.2) is 30.3 Å². The van der Waals surface area contributed by atoms with E-state index < -0.39 is 5.97 Å². The molecule has 2 rings (SSSR count). The Kier molecular flexibility index (Phi) is 6.82. The normalized spacial score (nSPS) is 12.5. The lowest BCUT2D eigenvalue weighted by Gasteiger charge is -2.22. The van der Waals surface area contributed by atoms with E-state index in [0.717, 1.165) is 16.9 Å². The Hall–Kier alpha value is -2.14. The van der Waals surface area contributed by atoms with Crippen LogP contribution in [0.1, 0.15) is 78.1 Å². The summed E-state index contributed by atoms with van der Waals surface area (Å²) in [6.45, 7) is 12.8. The summed E-state index contributed by atoms with van der Waals surface area (Å²) in [5.41, 5.74) is 2.26. The number of amides is 1. The van der Waals surface area contributed by atoms with Gasteiger partial charge < -0.3 is 10.1 Å². The number of hydrogen-bond donors (Lipinski definition) is 1. The van der Waals surface area contributed by atoms with E-state index in [2.05, 4.69) is 33.0 Å². The number of benzene rings is 1. The van der Waals surface area contributed by atoms with Gasteiger partial charge in [-0.2, -0.15) is 0 Å². The van der Waals surface area contributed by atoms with Crippen molar-refractivity contribution >= 4 is 28.2 Å². The molecular formula is C22H29NO3S. The van der Waals surface area contributed by atoms with Crippen molar-refractivity contribution in [2.45, 2.75) is 53.9 Å². The van der Waals surface area contributed by atoms with Crippen molar-refractivity contribution in [2.24, 2.45) is 5.41 Å². The molecule has 1 aromatic carbocycles. The monoisotopic (exact) mass is 387 g/mol. The van der Waals surface area contributed by atoms with Gasteiger partial charge in [-0.25, -0.2) is 4.79 Å². The topological polar surface area (TPSA) is 55.4 Å². The van der Waals surface area contributed by atoms with E-state index in [1.54, 1.807) is 19.1 Å². The lowest BCUT2D eigenvalue weighted by atomic mass is 9.85. The van der Waals surface area contributed by atoms with Gasteiger partial charge in [0.05, 0.1) is 12.2 Å². The Labute approximate surface area is 165 Å². The highest BCUT2D eigenvalue weighted by molar-refractivity contribution is 7.16. The first-order chi connectivity index (χ1) is 12.6. The molecule has 0 saturated carbocycles. The molecule has 0 spiro atoms. The molecule has 146 valence electrons. The summed E-state index contributed by atoms with van der Waals surface area (Å²) >= 11 is 1.46. The van der Waals surface area contributed by atoms with Gasteiger partial charge >= 0.3 is 5.97 Å². The van der Waals surface area contributed by atoms with Crippen molar-refractivity contribution in [3.8, 4) is 0 Å². The third kappa shape index (κ3) is 5.93. The molecule has 0 aliphatic rings. The van der Waals surface area contributed by atoms with Crippen molar-refractivity contribution in [3.63, 3.8) is 0 Å². The second-order valence-corrected chi connectivity index (χ2v) is 9.18. The fraction of sp³-hybridized carbons (Fsp3) is 0.455. The quantitative estimate of drug-likeness (QED) is 0.616. The number of ether oxygens (including phenoxy) is 1. The summed E-state index contributed by atoms with van der Waals surface area (Å²) in [5.74, 6) is -0.340. The van der Waals surface area contributed by atoms with E-state index in [9.17, 15) is 9.59 Å². The zero-order valence-corrected chi connectivity index (χ0v) is 17.8. The zero-order valence-electron chi connectivity index (χ0n) is 17.0. The first-order valence-electron chi connectivity index (χ1n) is 9.29. The van der Waals surface area contributed by atoms with Gasteiger partial charge in [-0.3, -0.25) is 4.79 Å². The first-order valence-corrected chi connectivity index (χ1v) is 10.1. The molecule has 1 heterocycles. The predicted molar refractivity (Wildman–Crippen MR) is 112 cm³/mol. The highest BCUT2D eigenvalue weighted by Crippen LogP contribution is 2.38. The maximum Gasteiger partial charge on any atom is 0.341 e. The SMILES string of the molecule is CCOC(=O)c1cc(C(C)CC(C)(C)C)sc1NC(=O)c1ccc(C)cc1. The molecule has 0 radical (unpaired) electrons. The van der Waals surface area contributed by atoms with Gasteiger partial charge in [0.2, 0.25) is 0 Å². The number of thiophene rings is 1. The van der Waals surface area contributed by atoms with Crippen LogP contribution in [0.3, 0.4) is 0 Å². The smallest absolute Gasteiger partial charge is 0.341 e. The van der Waals surface area contributed by atoms with Crippen LogP contribution in [0.5, 0.6) is 0 Å². The summed E-state index contributed by atoms with van der Waals surface area (Å²) < 4.78 is 5.18. The van der Waals surface area contributed by atoms with Crippen LogP contribution in [-0.4, -0.2) is 18.5 Å². The van der Waals surface area contributed by atoms with Crippen molar-refractivity contribution in [2.75, 3.05) is 11.9 Å². The third-order valence-electron chi connectivity index (χ3n) is 4.19. The van der Waals surface area contributed by atoms with Crippen molar-refractivity contribution in [1.29, 1.82) is 0 Å². The number of nitrogens with one attached hydrogen (secondary N) is 1. The molecule has 2 aromatic rings. The molecule has 1 atom stereocenters. The van der Waals surface area contributed by atoms with Gasteiger partial charge in [0.15, 0.2) is 0 Å². The molecule has 1 N–H and O–H groups in total. The van der Waals surface area contributed by atoms with Crippen LogP contribution in [-0.2, 0) is 4.74 Å². The Morgan fingerprint density at radius 2 is 1.81 bits per heavy atom. The molecule has 5 heteroatoms. The molecule has 0 saturated heterocycles. The van der Waals surface area contributed by atoms with Crippen LogP contribution in [0, 0.1) is 12.3 Å². The van der Waals surface area contributed by atoms with Crippen LogP contribution in [0.2, 0.25) is 0 Å². The minimum atomic E-state index is -0.401. The Bertz CT molecular complexity index is 800. The van der Waals surface area contributed by atoms with Crippen LogP contribution >= 0.6 is 11.3 Å². The Morgan fingerprint density at radius 1 is 1.19 bits per heavy atom. The molecule has 1 unspecified atom stereocenters. The molecule has 0 aliphatic carbocycles. The molecule has 1 amide bonds. The molecular weight excluding hydrogens is 358 g/mol. The Balaban J connectivity index is 2.30. The minimum Gasteiger partial charge on any atom is -0.462 e. The largest absolute Gasteiger partial charge is 0.462 e. The van der Waals surface area contributed by atoms with Gasteiger partial charge in [-0.15, -0.1) is 11.3 Å². The van der Waals surface area contributed by atoms with E-state index in [4.69, 9.17) is 4.74 Å². The number of esters is 1. The number of anilines is 1. The average molecular weight is 388 g/mol. The number of aryl methyl sites for hydroxylation is 1. The van der Waals surface area contributed by atoms with Gasteiger partial charge in [0, 0.05) is 10.4 Å². The number of hydrogen-bond acceptors (Lipinski definition) is 4. The maximum absolute atomic E-state index is 12.6. The minimum absolute atomic E-state index is 0.179. The van der Waals surface area contributed by atoms with E-state index >= 15 is 0 Å². The summed E-state index contributed by atoms with van der Waals surface area (Å²) in [4.78, 5) is 26.1. The van der Waals surface area contributed by atoms with Gasteiger partial charge in [0.25, 0.3) is 5.91 Å². The number of carbonyl (C=O) groups is 2. The van der Waals surface area contributed by atoms with Crippen molar-refractivity contribution in [3.05, 3.63) is 51.9 Å². The highest BCUT2D eigenvalue weighted by Gasteiger charge is 2.24. The summed E-state index contributed by atoms with van der Waals surface area (Å²) in [7, 11) is 0. The van der Waals surface area contributed by atoms with Crippen molar-refractivity contribution < 1.29 is 14.3 Å². The standard InChI is InChI=1S/C22H29NO3S/c1-7-26-21(25)17-12-18(15(3)13-22(4,5)6)27-20(17)23-19(24)16-10-8-14(2)9-11-16/h8-12,15H,7,13H2,1-6H3,(H,23,24). The van der Waals surface area contributed by atoms with Crippen LogP contribution in [0.4, 0.5) is 5.00 Å². The van der Waals surface area contributed by atoms with E-state index in [0.29, 0.717) is 22.7 Å². The Morgan fingerprint density at radius 3 is 2.37 bits per heavy atom. The lowest BCUT2D eigenvalue weighted by molar-refractivity contribution is 0.0528. The highest BCUT2D eigenvalue weighted by atomic mass is 32.1. The molecule has 27 heavy (non-hydrogen) atoms. The molecule has 0 bridgehead atoms. The van der Waals surface area contributed by atoms with E-state index in [1.165, 1.54) is 11.3 Å². The maximum atomic E-state index is 12.6. The molecule has 0 fully saturated rings. The summed E-state index contributed by atoms with van der Waals surface area (Å²) in [6, 6.07) is 9.22. The fourth-order valence-electron chi connectivity index (χ4n) is 3.01. The van der Waals surface area contributed by atoms with Gasteiger partial charge in [0.1, 0.15) is 5.00 Å². The third-order valence-corrected chi connectivity index (χ3v) is 5.47. The average Bonchev–Trinajstić information content (AvgIpc) is 2.98. The summed E-state index contributed by atoms with van der Waals surface area (Å²) in [5, 5.41) is 3.45. The van der Waals surface area contributed by atoms with Crippen LogP contribution < -0.4 is 5.32 Å². The predicted octanol–water partition coefficient (Wildman–Crippen LogP) is 6.03. The molecule has 1 aromatic heterocycles. The van der Waals surface area contributed by atoms with Gasteiger partial charge in [-0.1, -0.05) is 45.4 Å². The second kappa shape index (κ2) is 8.70. The van der Waals surface area contributed by atoms with E-state index in [1.807, 2.05) is 25.1 Å². The number of carbonyl (C=O) groups excluding carboxylic acids is 2. The molecule has 4 nitrogen and oxygen atoms in total. The first kappa shape index (κ1) is 21.2. The fourth-order valence-corrected chi connectivity index (χ4v) is 4.10.